The summed E-state index contributed by atoms with van der Waals surface area (Å²) >= 11 is 0. The van der Waals surface area contributed by atoms with Crippen LogP contribution in [0.5, 0.6) is 0 Å². The minimum absolute atomic E-state index is 0.406. The van der Waals surface area contributed by atoms with Gasteiger partial charge in [-0.3, -0.25) is 4.57 Å². The summed E-state index contributed by atoms with van der Waals surface area (Å²) in [7, 11) is -3.37. The summed E-state index contributed by atoms with van der Waals surface area (Å²) in [5, 5.41) is 0. The summed E-state index contributed by atoms with van der Waals surface area (Å²) < 4.78 is 99.3. The third kappa shape index (κ3) is 4.59. The third-order valence-electron chi connectivity index (χ3n) is 2.88. The number of halogens is 6. The van der Waals surface area contributed by atoms with Crippen LogP contribution < -0.4 is 0 Å². The average molecular weight is 370 g/mol. The summed E-state index contributed by atoms with van der Waals surface area (Å²) in [4.78, 5) is 0. The lowest BCUT2D eigenvalue weighted by atomic mass is 10.2. The van der Waals surface area contributed by atoms with Gasteiger partial charge >= 0.3 is 8.25 Å². The van der Waals surface area contributed by atoms with Crippen molar-refractivity contribution < 1.29 is 40.0 Å². The van der Waals surface area contributed by atoms with Crippen LogP contribution in [0.25, 0.3) is 0 Å². The molecule has 3 nitrogen and oxygen atoms in total. The molecule has 0 atom stereocenters. The zero-order chi connectivity index (χ0) is 17.9. The molecule has 0 aliphatic carbocycles. The van der Waals surface area contributed by atoms with Gasteiger partial charge < -0.3 is 9.05 Å². The van der Waals surface area contributed by atoms with E-state index < -0.39 is 67.5 Å². The summed E-state index contributed by atoms with van der Waals surface area (Å²) in [5.74, 6) is -7.29. The maximum Gasteiger partial charge on any atom is 0.319 e. The average Bonchev–Trinajstić information content (AvgIpc) is 2.44. The van der Waals surface area contributed by atoms with E-state index in [2.05, 4.69) is 9.05 Å². The summed E-state index contributed by atoms with van der Waals surface area (Å²) in [6.07, 6.45) is 0. The Morgan fingerprint density at radius 3 is 1.25 bits per heavy atom. The standard InChI is InChI=1S/C14H9F6O3P/c15-7-1-11(17)9(12(18)2-7)5-22-24(21)23-6-10-13(19)3-8(16)4-14(10)20/h1-4,24H,5-6H2. The summed E-state index contributed by atoms with van der Waals surface area (Å²) in [6.45, 7) is -1.69. The normalized spacial score (nSPS) is 11.3. The highest BCUT2D eigenvalue weighted by molar-refractivity contribution is 7.33. The van der Waals surface area contributed by atoms with E-state index in [1.165, 1.54) is 0 Å². The molecule has 0 bridgehead atoms. The minimum atomic E-state index is -3.37. The van der Waals surface area contributed by atoms with Crippen LogP contribution in [-0.2, 0) is 26.8 Å². The second kappa shape index (κ2) is 7.83. The van der Waals surface area contributed by atoms with E-state index in [1.807, 2.05) is 0 Å². The molecule has 0 aromatic heterocycles. The van der Waals surface area contributed by atoms with Gasteiger partial charge in [0.25, 0.3) is 0 Å². The largest absolute Gasteiger partial charge is 0.319 e. The van der Waals surface area contributed by atoms with Gasteiger partial charge in [0.2, 0.25) is 0 Å². The molecule has 0 unspecified atom stereocenters. The zero-order valence-electron chi connectivity index (χ0n) is 11.7. The van der Waals surface area contributed by atoms with Gasteiger partial charge in [0.15, 0.2) is 0 Å². The van der Waals surface area contributed by atoms with Crippen LogP contribution in [0.1, 0.15) is 11.1 Å². The van der Waals surface area contributed by atoms with E-state index in [4.69, 9.17) is 0 Å². The molecule has 0 heterocycles. The first kappa shape index (κ1) is 18.5. The molecular weight excluding hydrogens is 361 g/mol. The van der Waals surface area contributed by atoms with E-state index in [9.17, 15) is 30.9 Å². The maximum atomic E-state index is 13.3. The van der Waals surface area contributed by atoms with Gasteiger partial charge in [0, 0.05) is 35.4 Å². The molecule has 2 aromatic carbocycles. The van der Waals surface area contributed by atoms with E-state index in [-0.39, 0.29) is 0 Å². The molecule has 0 saturated heterocycles. The number of hydrogen-bond donors (Lipinski definition) is 0. The zero-order valence-corrected chi connectivity index (χ0v) is 12.7. The molecule has 0 aliphatic rings. The van der Waals surface area contributed by atoms with Gasteiger partial charge in [-0.05, 0) is 0 Å². The Hall–Kier alpha value is -1.83. The predicted octanol–water partition coefficient (Wildman–Crippen LogP) is 4.64. The van der Waals surface area contributed by atoms with Gasteiger partial charge in [-0.15, -0.1) is 0 Å². The Bertz CT molecular complexity index is 674. The Balaban J connectivity index is 1.96. The van der Waals surface area contributed by atoms with Gasteiger partial charge in [-0.1, -0.05) is 0 Å². The van der Waals surface area contributed by atoms with Crippen molar-refractivity contribution in [1.29, 1.82) is 0 Å². The van der Waals surface area contributed by atoms with Crippen LogP contribution in [0, 0.1) is 34.9 Å². The fraction of sp³-hybridized carbons (Fsp3) is 0.143. The van der Waals surface area contributed by atoms with Crippen molar-refractivity contribution in [2.24, 2.45) is 0 Å². The van der Waals surface area contributed by atoms with Gasteiger partial charge in [-0.2, -0.15) is 0 Å². The molecule has 24 heavy (non-hydrogen) atoms. The lowest BCUT2D eigenvalue weighted by molar-refractivity contribution is 0.204. The number of benzene rings is 2. The number of rotatable bonds is 6. The second-order valence-corrected chi connectivity index (χ2v) is 5.60. The van der Waals surface area contributed by atoms with Crippen molar-refractivity contribution in [2.75, 3.05) is 0 Å². The fourth-order valence-corrected chi connectivity index (χ4v) is 2.33. The SMILES string of the molecule is O=[PH](OCc1c(F)cc(F)cc1F)OCc1c(F)cc(F)cc1F. The van der Waals surface area contributed by atoms with E-state index >= 15 is 0 Å². The van der Waals surface area contributed by atoms with E-state index in [1.54, 1.807) is 0 Å². The second-order valence-electron chi connectivity index (χ2n) is 4.52. The molecule has 0 saturated carbocycles. The third-order valence-corrected chi connectivity index (χ3v) is 3.64. The Labute approximate surface area is 132 Å². The predicted molar refractivity (Wildman–Crippen MR) is 71.2 cm³/mol. The van der Waals surface area contributed by atoms with Crippen LogP contribution in [0.2, 0.25) is 0 Å². The fourth-order valence-electron chi connectivity index (χ4n) is 1.72. The lowest BCUT2D eigenvalue weighted by Crippen LogP contribution is -2.00. The topological polar surface area (TPSA) is 35.5 Å². The first-order valence-corrected chi connectivity index (χ1v) is 7.56. The highest BCUT2D eigenvalue weighted by Gasteiger charge is 2.15. The van der Waals surface area contributed by atoms with Crippen molar-refractivity contribution >= 4 is 8.25 Å². The number of hydrogen-bond acceptors (Lipinski definition) is 3. The molecule has 2 aromatic rings. The van der Waals surface area contributed by atoms with Crippen LogP contribution in [0.3, 0.4) is 0 Å². The van der Waals surface area contributed by atoms with Crippen LogP contribution in [-0.4, -0.2) is 0 Å². The molecule has 0 amide bonds. The van der Waals surface area contributed by atoms with Crippen molar-refractivity contribution in [1.82, 2.24) is 0 Å². The van der Waals surface area contributed by atoms with Gasteiger partial charge in [-0.25, -0.2) is 26.3 Å². The Morgan fingerprint density at radius 2 is 0.958 bits per heavy atom. The minimum Gasteiger partial charge on any atom is -0.306 e. The Kier molecular flexibility index (Phi) is 6.04. The molecule has 130 valence electrons. The molecule has 10 heteroatoms. The summed E-state index contributed by atoms with van der Waals surface area (Å²) in [6, 6.07) is 1.62. The molecule has 0 aliphatic heterocycles. The van der Waals surface area contributed by atoms with Crippen molar-refractivity contribution in [3.63, 3.8) is 0 Å². The molecule has 0 radical (unpaired) electrons. The maximum absolute atomic E-state index is 13.3. The summed E-state index contributed by atoms with van der Waals surface area (Å²) in [5.41, 5.74) is -1.37. The van der Waals surface area contributed by atoms with Crippen LogP contribution in [0.4, 0.5) is 26.3 Å². The molecule has 2 rings (SSSR count). The quantitative estimate of drug-likeness (QED) is 0.549. The molecule has 0 spiro atoms. The molecular formula is C14H9F6O3P. The molecule has 0 fully saturated rings. The first-order chi connectivity index (χ1) is 11.3. The van der Waals surface area contributed by atoms with Crippen molar-refractivity contribution in [2.45, 2.75) is 13.2 Å². The van der Waals surface area contributed by atoms with Crippen molar-refractivity contribution in [3.05, 3.63) is 70.3 Å². The highest BCUT2D eigenvalue weighted by atomic mass is 31.1. The molecule has 0 N–H and O–H groups in total. The monoisotopic (exact) mass is 370 g/mol. The van der Waals surface area contributed by atoms with Crippen LogP contribution in [0.15, 0.2) is 24.3 Å². The van der Waals surface area contributed by atoms with Crippen molar-refractivity contribution in [3.8, 4) is 0 Å². The Morgan fingerprint density at radius 1 is 0.667 bits per heavy atom. The van der Waals surface area contributed by atoms with E-state index in [0.29, 0.717) is 24.3 Å². The highest BCUT2D eigenvalue weighted by Crippen LogP contribution is 2.30. The van der Waals surface area contributed by atoms with Gasteiger partial charge in [0.1, 0.15) is 34.9 Å². The van der Waals surface area contributed by atoms with Crippen LogP contribution >= 0.6 is 8.25 Å². The van der Waals surface area contributed by atoms with Gasteiger partial charge in [0.05, 0.1) is 13.2 Å². The lowest BCUT2D eigenvalue weighted by Gasteiger charge is -2.09. The smallest absolute Gasteiger partial charge is 0.306 e. The van der Waals surface area contributed by atoms with E-state index in [0.717, 1.165) is 0 Å². The first-order valence-electron chi connectivity index (χ1n) is 6.34.